The number of aromatic nitrogens is 2. The third kappa shape index (κ3) is 2.41. The molecule has 0 N–H and O–H groups in total. The van der Waals surface area contributed by atoms with Crippen LogP contribution in [0.15, 0.2) is 15.8 Å². The third-order valence-electron chi connectivity index (χ3n) is 1.28. The lowest BCUT2D eigenvalue weighted by atomic mass is 10.4. The van der Waals surface area contributed by atoms with Gasteiger partial charge in [-0.1, -0.05) is 0 Å². The van der Waals surface area contributed by atoms with Crippen molar-refractivity contribution >= 4 is 33.7 Å². The van der Waals surface area contributed by atoms with Crippen LogP contribution in [0.3, 0.4) is 0 Å². The molecule has 1 aromatic rings. The van der Waals surface area contributed by atoms with Crippen molar-refractivity contribution in [1.29, 1.82) is 0 Å². The first kappa shape index (κ1) is 10.5. The summed E-state index contributed by atoms with van der Waals surface area (Å²) < 4.78 is 5.08. The van der Waals surface area contributed by atoms with E-state index in [1.165, 1.54) is 25.1 Å². The Bertz CT molecular complexity index is 332. The van der Waals surface area contributed by atoms with Gasteiger partial charge in [0.25, 0.3) is 0 Å². The fourth-order valence-electron chi connectivity index (χ4n) is 0.736. The molecule has 6 heteroatoms. The monoisotopic (exact) mass is 262 g/mol. The van der Waals surface area contributed by atoms with E-state index in [0.29, 0.717) is 9.63 Å². The van der Waals surface area contributed by atoms with Crippen molar-refractivity contribution in [1.82, 2.24) is 9.97 Å². The SMILES string of the molecule is COC(=O)c1nc(Br)cnc1SC. The molecule has 0 atom stereocenters. The first-order valence-electron chi connectivity index (χ1n) is 3.34. The van der Waals surface area contributed by atoms with Crippen LogP contribution in [0.25, 0.3) is 0 Å². The molecule has 70 valence electrons. The maximum absolute atomic E-state index is 11.2. The van der Waals surface area contributed by atoms with Crippen LogP contribution in [-0.4, -0.2) is 29.3 Å². The molecular weight excluding hydrogens is 256 g/mol. The van der Waals surface area contributed by atoms with E-state index in [1.54, 1.807) is 0 Å². The number of nitrogens with zero attached hydrogens (tertiary/aromatic N) is 2. The van der Waals surface area contributed by atoms with E-state index in [9.17, 15) is 4.79 Å². The van der Waals surface area contributed by atoms with Crippen LogP contribution in [0.2, 0.25) is 0 Å². The van der Waals surface area contributed by atoms with Gasteiger partial charge in [0.05, 0.1) is 13.3 Å². The van der Waals surface area contributed by atoms with Gasteiger partial charge in [-0.3, -0.25) is 0 Å². The Kier molecular flexibility index (Phi) is 3.68. The average molecular weight is 263 g/mol. The quantitative estimate of drug-likeness (QED) is 0.601. The van der Waals surface area contributed by atoms with Gasteiger partial charge < -0.3 is 4.74 Å². The van der Waals surface area contributed by atoms with Crippen LogP contribution in [0, 0.1) is 0 Å². The van der Waals surface area contributed by atoms with Crippen LogP contribution in [0.5, 0.6) is 0 Å². The van der Waals surface area contributed by atoms with Crippen LogP contribution in [-0.2, 0) is 4.74 Å². The fraction of sp³-hybridized carbons (Fsp3) is 0.286. The van der Waals surface area contributed by atoms with Gasteiger partial charge in [-0.15, -0.1) is 11.8 Å². The number of thioether (sulfide) groups is 1. The highest BCUT2D eigenvalue weighted by Crippen LogP contribution is 2.18. The largest absolute Gasteiger partial charge is 0.464 e. The Balaban J connectivity index is 3.15. The number of hydrogen-bond donors (Lipinski definition) is 0. The van der Waals surface area contributed by atoms with Crippen molar-refractivity contribution < 1.29 is 9.53 Å². The molecule has 1 aromatic heterocycles. The van der Waals surface area contributed by atoms with Gasteiger partial charge in [0.1, 0.15) is 9.63 Å². The molecule has 0 amide bonds. The topological polar surface area (TPSA) is 52.1 Å². The summed E-state index contributed by atoms with van der Waals surface area (Å²) in [5, 5.41) is 0.565. The van der Waals surface area contributed by atoms with Gasteiger partial charge in [-0.05, 0) is 22.2 Å². The molecule has 0 spiro atoms. The molecule has 0 aliphatic heterocycles. The van der Waals surface area contributed by atoms with Crippen molar-refractivity contribution in [2.45, 2.75) is 5.03 Å². The molecule has 0 aliphatic carbocycles. The van der Waals surface area contributed by atoms with Crippen molar-refractivity contribution in [3.8, 4) is 0 Å². The number of rotatable bonds is 2. The Morgan fingerprint density at radius 3 is 2.92 bits per heavy atom. The van der Waals surface area contributed by atoms with E-state index >= 15 is 0 Å². The zero-order valence-electron chi connectivity index (χ0n) is 7.07. The van der Waals surface area contributed by atoms with E-state index < -0.39 is 5.97 Å². The van der Waals surface area contributed by atoms with Crippen LogP contribution >= 0.6 is 27.7 Å². The average Bonchev–Trinajstić information content (AvgIpc) is 2.16. The van der Waals surface area contributed by atoms with Gasteiger partial charge in [0.15, 0.2) is 5.69 Å². The summed E-state index contributed by atoms with van der Waals surface area (Å²) >= 11 is 4.48. The van der Waals surface area contributed by atoms with Gasteiger partial charge in [0.2, 0.25) is 0 Å². The molecule has 0 fully saturated rings. The molecule has 0 aromatic carbocycles. The summed E-state index contributed by atoms with van der Waals surface area (Å²) in [5.41, 5.74) is 0.240. The lowest BCUT2D eigenvalue weighted by molar-refractivity contribution is 0.0588. The highest BCUT2D eigenvalue weighted by Gasteiger charge is 2.14. The van der Waals surface area contributed by atoms with E-state index in [0.717, 1.165) is 0 Å². The first-order chi connectivity index (χ1) is 6.19. The molecule has 1 heterocycles. The Hall–Kier alpha value is -0.620. The van der Waals surface area contributed by atoms with Crippen molar-refractivity contribution in [2.24, 2.45) is 0 Å². The minimum absolute atomic E-state index is 0.240. The molecule has 0 radical (unpaired) electrons. The number of carbonyl (C=O) groups excluding carboxylic acids is 1. The third-order valence-corrected chi connectivity index (χ3v) is 2.35. The highest BCUT2D eigenvalue weighted by atomic mass is 79.9. The van der Waals surface area contributed by atoms with Crippen molar-refractivity contribution in [3.05, 3.63) is 16.5 Å². The summed E-state index contributed by atoms with van der Waals surface area (Å²) in [4.78, 5) is 19.2. The van der Waals surface area contributed by atoms with Crippen LogP contribution in [0.1, 0.15) is 10.5 Å². The number of carbonyl (C=O) groups is 1. The van der Waals surface area contributed by atoms with Crippen LogP contribution in [0.4, 0.5) is 0 Å². The molecule has 1 rings (SSSR count). The van der Waals surface area contributed by atoms with E-state index in [2.05, 4.69) is 30.6 Å². The maximum Gasteiger partial charge on any atom is 0.359 e. The number of esters is 1. The zero-order valence-corrected chi connectivity index (χ0v) is 9.48. The molecule has 0 saturated heterocycles. The van der Waals surface area contributed by atoms with Gasteiger partial charge in [-0.2, -0.15) is 0 Å². The molecule has 0 unspecified atom stereocenters. The highest BCUT2D eigenvalue weighted by molar-refractivity contribution is 9.10. The number of ether oxygens (including phenoxy) is 1. The summed E-state index contributed by atoms with van der Waals surface area (Å²) in [5.74, 6) is -0.474. The Morgan fingerprint density at radius 2 is 2.38 bits per heavy atom. The fourth-order valence-corrected chi connectivity index (χ4v) is 1.50. The summed E-state index contributed by atoms with van der Waals surface area (Å²) in [6.45, 7) is 0. The first-order valence-corrected chi connectivity index (χ1v) is 5.35. The smallest absolute Gasteiger partial charge is 0.359 e. The molecule has 4 nitrogen and oxygen atoms in total. The maximum atomic E-state index is 11.2. The minimum Gasteiger partial charge on any atom is -0.464 e. The summed E-state index contributed by atoms with van der Waals surface area (Å²) in [6, 6.07) is 0. The number of methoxy groups -OCH3 is 1. The zero-order chi connectivity index (χ0) is 9.84. The van der Waals surface area contributed by atoms with E-state index in [1.807, 2.05) is 6.26 Å². The van der Waals surface area contributed by atoms with E-state index in [4.69, 9.17) is 0 Å². The van der Waals surface area contributed by atoms with Crippen molar-refractivity contribution in [2.75, 3.05) is 13.4 Å². The molecule has 0 aliphatic rings. The number of halogens is 1. The van der Waals surface area contributed by atoms with Crippen molar-refractivity contribution in [3.63, 3.8) is 0 Å². The van der Waals surface area contributed by atoms with Crippen LogP contribution < -0.4 is 0 Å². The van der Waals surface area contributed by atoms with Gasteiger partial charge >= 0.3 is 5.97 Å². The standard InChI is InChI=1S/C7H7BrN2O2S/c1-12-7(11)5-6(13-2)9-3-4(8)10-5/h3H,1-2H3. The molecule has 0 bridgehead atoms. The second kappa shape index (κ2) is 4.57. The number of hydrogen-bond acceptors (Lipinski definition) is 5. The molecular formula is C7H7BrN2O2S. The summed E-state index contributed by atoms with van der Waals surface area (Å²) in [6.07, 6.45) is 3.36. The van der Waals surface area contributed by atoms with Gasteiger partial charge in [-0.25, -0.2) is 14.8 Å². The molecule has 0 saturated carbocycles. The normalized spacial score (nSPS) is 9.77. The second-order valence-corrected chi connectivity index (χ2v) is 3.65. The molecule has 13 heavy (non-hydrogen) atoms. The predicted molar refractivity (Wildman–Crippen MR) is 52.9 cm³/mol. The second-order valence-electron chi connectivity index (χ2n) is 2.04. The lowest BCUT2D eigenvalue weighted by Gasteiger charge is -2.02. The van der Waals surface area contributed by atoms with E-state index in [-0.39, 0.29) is 5.69 Å². The lowest BCUT2D eigenvalue weighted by Crippen LogP contribution is -2.07. The predicted octanol–water partition coefficient (Wildman–Crippen LogP) is 1.75. The summed E-state index contributed by atoms with van der Waals surface area (Å²) in [7, 11) is 1.31. The Labute approximate surface area is 88.2 Å². The Morgan fingerprint density at radius 1 is 1.69 bits per heavy atom. The minimum atomic E-state index is -0.474. The van der Waals surface area contributed by atoms with Gasteiger partial charge in [0, 0.05) is 0 Å².